The summed E-state index contributed by atoms with van der Waals surface area (Å²) in [5.74, 6) is 0.0409. The molecule has 1 aromatic heterocycles. The summed E-state index contributed by atoms with van der Waals surface area (Å²) in [5.41, 5.74) is 1.59. The lowest BCUT2D eigenvalue weighted by atomic mass is 10.2. The van der Waals surface area contributed by atoms with Crippen LogP contribution in [0.4, 0.5) is 5.13 Å². The van der Waals surface area contributed by atoms with E-state index in [1.54, 1.807) is 31.2 Å². The molecule has 0 saturated heterocycles. The van der Waals surface area contributed by atoms with Gasteiger partial charge in [0.15, 0.2) is 5.13 Å². The molecule has 2 amide bonds. The Hall–Kier alpha value is -2.21. The zero-order valence-electron chi connectivity index (χ0n) is 12.2. The third-order valence-corrected chi connectivity index (χ3v) is 4.30. The molecule has 2 N–H and O–H groups in total. The van der Waals surface area contributed by atoms with E-state index in [-0.39, 0.29) is 11.8 Å². The first kappa shape index (κ1) is 14.7. The maximum Gasteiger partial charge on any atom is 0.251 e. The van der Waals surface area contributed by atoms with Gasteiger partial charge in [-0.25, -0.2) is 4.98 Å². The van der Waals surface area contributed by atoms with Gasteiger partial charge in [0.25, 0.3) is 5.91 Å². The minimum absolute atomic E-state index is 0.263. The predicted molar refractivity (Wildman–Crippen MR) is 86.1 cm³/mol. The molecule has 114 valence electrons. The van der Waals surface area contributed by atoms with Crippen molar-refractivity contribution in [2.75, 3.05) is 5.32 Å². The lowest BCUT2D eigenvalue weighted by Crippen LogP contribution is -2.41. The van der Waals surface area contributed by atoms with Crippen molar-refractivity contribution < 1.29 is 9.59 Å². The summed E-state index contributed by atoms with van der Waals surface area (Å²) >= 11 is 1.42. The van der Waals surface area contributed by atoms with Crippen molar-refractivity contribution >= 4 is 28.3 Å². The molecule has 1 aromatic carbocycles. The Labute approximate surface area is 132 Å². The van der Waals surface area contributed by atoms with Crippen LogP contribution in [-0.2, 0) is 4.79 Å². The first-order valence-corrected chi connectivity index (χ1v) is 8.13. The van der Waals surface area contributed by atoms with Crippen LogP contribution in [0.25, 0.3) is 0 Å². The Morgan fingerprint density at radius 2 is 2.00 bits per heavy atom. The van der Waals surface area contributed by atoms with E-state index in [1.807, 2.05) is 11.4 Å². The van der Waals surface area contributed by atoms with Crippen molar-refractivity contribution in [1.82, 2.24) is 10.3 Å². The van der Waals surface area contributed by atoms with E-state index in [9.17, 15) is 9.59 Å². The van der Waals surface area contributed by atoms with Gasteiger partial charge in [-0.15, -0.1) is 11.3 Å². The van der Waals surface area contributed by atoms with E-state index < -0.39 is 6.04 Å². The van der Waals surface area contributed by atoms with E-state index in [4.69, 9.17) is 0 Å². The highest BCUT2D eigenvalue weighted by Gasteiger charge is 2.26. The normalized spacial score (nSPS) is 15.1. The molecule has 1 saturated carbocycles. The molecule has 1 atom stereocenters. The van der Waals surface area contributed by atoms with Crippen LogP contribution in [0.3, 0.4) is 0 Å². The van der Waals surface area contributed by atoms with Gasteiger partial charge in [-0.2, -0.15) is 0 Å². The van der Waals surface area contributed by atoms with Crippen LogP contribution in [0, 0.1) is 0 Å². The zero-order valence-corrected chi connectivity index (χ0v) is 13.0. The molecule has 1 fully saturated rings. The lowest BCUT2D eigenvalue weighted by Gasteiger charge is -2.12. The van der Waals surface area contributed by atoms with Crippen molar-refractivity contribution in [3.8, 4) is 0 Å². The van der Waals surface area contributed by atoms with Gasteiger partial charge in [0.2, 0.25) is 5.91 Å². The number of hydrogen-bond donors (Lipinski definition) is 2. The summed E-state index contributed by atoms with van der Waals surface area (Å²) in [5, 5.41) is 8.02. The highest BCUT2D eigenvalue weighted by atomic mass is 32.1. The summed E-state index contributed by atoms with van der Waals surface area (Å²) in [4.78, 5) is 28.5. The lowest BCUT2D eigenvalue weighted by molar-refractivity contribution is -0.117. The van der Waals surface area contributed by atoms with Gasteiger partial charge in [-0.1, -0.05) is 18.2 Å². The first-order valence-electron chi connectivity index (χ1n) is 7.25. The number of nitrogens with zero attached hydrogens (tertiary/aromatic N) is 1. The number of anilines is 1. The Kier molecular flexibility index (Phi) is 4.20. The molecule has 0 spiro atoms. The molecule has 6 heteroatoms. The molecule has 1 aliphatic rings. The topological polar surface area (TPSA) is 71.1 Å². The molecule has 0 radical (unpaired) electrons. The smallest absolute Gasteiger partial charge is 0.251 e. The standard InChI is InChI=1S/C16H17N3O2S/c1-10(17-15(21)12-5-3-2-4-6-12)14(20)19-16-18-13(9-22-16)11-7-8-11/h2-6,9-11H,7-8H2,1H3,(H,17,21)(H,18,19,20). The monoisotopic (exact) mass is 315 g/mol. The molecule has 0 bridgehead atoms. The Morgan fingerprint density at radius 1 is 1.27 bits per heavy atom. The average Bonchev–Trinajstić information content (AvgIpc) is 3.28. The summed E-state index contributed by atoms with van der Waals surface area (Å²) in [6.45, 7) is 1.66. The molecule has 2 aromatic rings. The van der Waals surface area contributed by atoms with Gasteiger partial charge < -0.3 is 10.6 Å². The summed E-state index contributed by atoms with van der Waals surface area (Å²) in [6.07, 6.45) is 2.36. The number of hydrogen-bond acceptors (Lipinski definition) is 4. The van der Waals surface area contributed by atoms with E-state index >= 15 is 0 Å². The van der Waals surface area contributed by atoms with Crippen molar-refractivity contribution in [3.05, 3.63) is 47.0 Å². The Bertz CT molecular complexity index is 680. The van der Waals surface area contributed by atoms with Gasteiger partial charge in [-0.3, -0.25) is 9.59 Å². The quantitative estimate of drug-likeness (QED) is 0.891. The SMILES string of the molecule is CC(NC(=O)c1ccccc1)C(=O)Nc1nc(C2CC2)cs1. The predicted octanol–water partition coefficient (Wildman–Crippen LogP) is 2.78. The second kappa shape index (κ2) is 6.27. The highest BCUT2D eigenvalue weighted by Crippen LogP contribution is 2.40. The Morgan fingerprint density at radius 3 is 2.68 bits per heavy atom. The van der Waals surface area contributed by atoms with Crippen LogP contribution in [0.2, 0.25) is 0 Å². The number of benzene rings is 1. The third kappa shape index (κ3) is 3.51. The minimum atomic E-state index is -0.624. The number of carbonyl (C=O) groups is 2. The summed E-state index contributed by atoms with van der Waals surface area (Å²) in [6, 6.07) is 8.21. The average molecular weight is 315 g/mol. The van der Waals surface area contributed by atoms with Gasteiger partial charge in [0.1, 0.15) is 6.04 Å². The molecule has 22 heavy (non-hydrogen) atoms. The first-order chi connectivity index (χ1) is 10.6. The summed E-state index contributed by atoms with van der Waals surface area (Å²) < 4.78 is 0. The second-order valence-corrected chi connectivity index (χ2v) is 6.26. The molecule has 1 unspecified atom stereocenters. The molecule has 0 aliphatic heterocycles. The third-order valence-electron chi connectivity index (χ3n) is 3.52. The van der Waals surface area contributed by atoms with Crippen LogP contribution >= 0.6 is 11.3 Å². The van der Waals surface area contributed by atoms with E-state index in [2.05, 4.69) is 15.6 Å². The zero-order chi connectivity index (χ0) is 15.5. The van der Waals surface area contributed by atoms with E-state index in [0.717, 1.165) is 5.69 Å². The summed E-state index contributed by atoms with van der Waals surface area (Å²) in [7, 11) is 0. The largest absolute Gasteiger partial charge is 0.341 e. The van der Waals surface area contributed by atoms with Gasteiger partial charge in [-0.05, 0) is 31.9 Å². The van der Waals surface area contributed by atoms with Gasteiger partial charge in [0.05, 0.1) is 5.69 Å². The van der Waals surface area contributed by atoms with Gasteiger partial charge in [0, 0.05) is 16.9 Å². The van der Waals surface area contributed by atoms with E-state index in [1.165, 1.54) is 24.2 Å². The molecule has 1 heterocycles. The maximum atomic E-state index is 12.1. The van der Waals surface area contributed by atoms with Crippen LogP contribution in [0.15, 0.2) is 35.7 Å². The number of rotatable bonds is 5. The van der Waals surface area contributed by atoms with Gasteiger partial charge >= 0.3 is 0 Å². The fourth-order valence-electron chi connectivity index (χ4n) is 2.06. The van der Waals surface area contributed by atoms with E-state index in [0.29, 0.717) is 16.6 Å². The van der Waals surface area contributed by atoms with Crippen molar-refractivity contribution in [2.24, 2.45) is 0 Å². The van der Waals surface area contributed by atoms with Crippen molar-refractivity contribution in [2.45, 2.75) is 31.7 Å². The number of amides is 2. The number of thiazole rings is 1. The van der Waals surface area contributed by atoms with Crippen molar-refractivity contribution in [3.63, 3.8) is 0 Å². The van der Waals surface area contributed by atoms with Crippen LogP contribution in [0.5, 0.6) is 0 Å². The molecular formula is C16H17N3O2S. The molecule has 1 aliphatic carbocycles. The fraction of sp³-hybridized carbons (Fsp3) is 0.312. The van der Waals surface area contributed by atoms with Crippen molar-refractivity contribution in [1.29, 1.82) is 0 Å². The maximum absolute atomic E-state index is 12.1. The highest BCUT2D eigenvalue weighted by molar-refractivity contribution is 7.13. The molecule has 5 nitrogen and oxygen atoms in total. The second-order valence-electron chi connectivity index (χ2n) is 5.40. The number of aromatic nitrogens is 1. The van der Waals surface area contributed by atoms with Crippen LogP contribution in [0.1, 0.15) is 41.7 Å². The minimum Gasteiger partial charge on any atom is -0.341 e. The van der Waals surface area contributed by atoms with Crippen LogP contribution in [-0.4, -0.2) is 22.8 Å². The number of carbonyl (C=O) groups excluding carboxylic acids is 2. The Balaban J connectivity index is 1.55. The molecule has 3 rings (SSSR count). The number of nitrogens with one attached hydrogen (secondary N) is 2. The molecular weight excluding hydrogens is 298 g/mol. The van der Waals surface area contributed by atoms with Crippen LogP contribution < -0.4 is 10.6 Å². The fourth-order valence-corrected chi connectivity index (χ4v) is 2.85.